The molecular weight excluding hydrogens is 378 g/mol. The van der Waals surface area contributed by atoms with Crippen molar-refractivity contribution in [1.82, 2.24) is 9.88 Å². The molecule has 1 aliphatic carbocycles. The Balaban J connectivity index is 1.57. The molecule has 1 aromatic carbocycles. The number of aromatic nitrogens is 1. The lowest BCUT2D eigenvalue weighted by atomic mass is 9.85. The second-order valence-electron chi connectivity index (χ2n) is 8.52. The van der Waals surface area contributed by atoms with Crippen molar-refractivity contribution < 1.29 is 14.6 Å². The fourth-order valence-corrected chi connectivity index (χ4v) is 4.95. The number of hydrogen-bond donors (Lipinski definition) is 1. The summed E-state index contributed by atoms with van der Waals surface area (Å²) in [5, 5.41) is 11.0. The number of pyridine rings is 1. The third kappa shape index (κ3) is 4.82. The van der Waals surface area contributed by atoms with Gasteiger partial charge < -0.3 is 14.6 Å². The molecule has 1 unspecified atom stereocenters. The molecule has 2 fully saturated rings. The molecule has 2 aromatic rings. The number of nitrogens with zero attached hydrogens (tertiary/aromatic N) is 3. The fourth-order valence-electron chi connectivity index (χ4n) is 4.95. The molecule has 1 atom stereocenters. The van der Waals surface area contributed by atoms with Crippen molar-refractivity contribution in [2.45, 2.75) is 50.7 Å². The molecule has 6 nitrogen and oxygen atoms in total. The van der Waals surface area contributed by atoms with Crippen molar-refractivity contribution in [3.05, 3.63) is 35.9 Å². The average molecular weight is 412 g/mol. The van der Waals surface area contributed by atoms with Gasteiger partial charge in [0.25, 0.3) is 0 Å². The van der Waals surface area contributed by atoms with Crippen LogP contribution in [-0.2, 0) is 4.74 Å². The Morgan fingerprint density at radius 3 is 2.73 bits per heavy atom. The van der Waals surface area contributed by atoms with Crippen molar-refractivity contribution in [3.8, 4) is 5.88 Å². The van der Waals surface area contributed by atoms with E-state index in [0.29, 0.717) is 24.6 Å². The highest BCUT2D eigenvalue weighted by molar-refractivity contribution is 6.04. The van der Waals surface area contributed by atoms with Crippen LogP contribution in [0, 0.1) is 5.92 Å². The number of aliphatic hydroxyl groups excluding tert-OH is 1. The second-order valence-corrected chi connectivity index (χ2v) is 8.52. The van der Waals surface area contributed by atoms with Crippen molar-refractivity contribution in [1.29, 1.82) is 0 Å². The quantitative estimate of drug-likeness (QED) is 0.735. The summed E-state index contributed by atoms with van der Waals surface area (Å²) in [6, 6.07) is 10.9. The predicted molar refractivity (Wildman–Crippen MR) is 119 cm³/mol. The number of ether oxygens (including phenoxy) is 2. The van der Waals surface area contributed by atoms with Gasteiger partial charge in [-0.1, -0.05) is 6.07 Å². The lowest BCUT2D eigenvalue weighted by Crippen LogP contribution is -2.46. The van der Waals surface area contributed by atoms with E-state index < -0.39 is 0 Å². The molecule has 0 bridgehead atoms. The Hall–Kier alpha value is -2.02. The zero-order valence-corrected chi connectivity index (χ0v) is 18.1. The molecule has 1 saturated heterocycles. The third-order valence-electron chi connectivity index (χ3n) is 6.55. The van der Waals surface area contributed by atoms with E-state index in [4.69, 9.17) is 14.5 Å². The summed E-state index contributed by atoms with van der Waals surface area (Å²) in [6.07, 6.45) is 6.28. The van der Waals surface area contributed by atoms with E-state index in [-0.39, 0.29) is 6.10 Å². The van der Waals surface area contributed by atoms with Crippen LogP contribution in [0.25, 0.3) is 10.9 Å². The lowest BCUT2D eigenvalue weighted by Gasteiger charge is -2.41. The molecule has 1 aromatic heterocycles. The predicted octanol–water partition coefficient (Wildman–Crippen LogP) is 3.65. The van der Waals surface area contributed by atoms with E-state index >= 15 is 0 Å². The standard InChI is InChI=1S/C24H33N3O3/c1-29-16-25-24(18-5-11-22-17(14-18)6-12-23(26-22)30-2)19-4-3-13-27(15-19)20-7-9-21(28)10-8-20/h5-6,11-12,14,19-21,28H,3-4,7-10,13,15-16H2,1-2H3/b25-24-. The minimum Gasteiger partial charge on any atom is -0.481 e. The Morgan fingerprint density at radius 1 is 1.13 bits per heavy atom. The van der Waals surface area contributed by atoms with E-state index in [1.165, 1.54) is 6.42 Å². The summed E-state index contributed by atoms with van der Waals surface area (Å²) in [6.45, 7) is 2.55. The molecule has 1 N–H and O–H groups in total. The average Bonchev–Trinajstić information content (AvgIpc) is 2.79. The maximum absolute atomic E-state index is 9.87. The molecule has 30 heavy (non-hydrogen) atoms. The van der Waals surface area contributed by atoms with Gasteiger partial charge in [-0.15, -0.1) is 0 Å². The number of likely N-dealkylation sites (tertiary alicyclic amines) is 1. The summed E-state index contributed by atoms with van der Waals surface area (Å²) in [5.41, 5.74) is 3.21. The van der Waals surface area contributed by atoms with Gasteiger partial charge in [0.15, 0.2) is 0 Å². The first-order valence-electron chi connectivity index (χ1n) is 11.1. The summed E-state index contributed by atoms with van der Waals surface area (Å²) in [5.74, 6) is 1.02. The Labute approximate surface area is 178 Å². The van der Waals surface area contributed by atoms with Crippen LogP contribution in [0.1, 0.15) is 44.1 Å². The zero-order chi connectivity index (χ0) is 20.9. The van der Waals surface area contributed by atoms with Crippen molar-refractivity contribution in [2.24, 2.45) is 10.9 Å². The molecule has 2 aliphatic rings. The number of aliphatic imine (C=N–C) groups is 1. The lowest BCUT2D eigenvalue weighted by molar-refractivity contribution is 0.0592. The SMILES string of the molecule is COC/N=C(/c1ccc2nc(OC)ccc2c1)C1CCCN(C2CCC(O)CC2)C1. The minimum absolute atomic E-state index is 0.106. The fraction of sp³-hybridized carbons (Fsp3) is 0.583. The maximum Gasteiger partial charge on any atom is 0.213 e. The van der Waals surface area contributed by atoms with Crippen LogP contribution in [-0.4, -0.2) is 66.9 Å². The number of piperidine rings is 1. The van der Waals surface area contributed by atoms with Crippen LogP contribution in [0.4, 0.5) is 0 Å². The largest absolute Gasteiger partial charge is 0.481 e. The Morgan fingerprint density at radius 2 is 1.97 bits per heavy atom. The molecule has 2 heterocycles. The second kappa shape index (κ2) is 9.86. The molecule has 1 saturated carbocycles. The normalized spacial score (nSPS) is 26.1. The minimum atomic E-state index is -0.106. The first kappa shape index (κ1) is 21.2. The highest BCUT2D eigenvalue weighted by Crippen LogP contribution is 2.30. The van der Waals surface area contributed by atoms with Gasteiger partial charge in [-0.25, -0.2) is 4.98 Å². The first-order valence-corrected chi connectivity index (χ1v) is 11.1. The van der Waals surface area contributed by atoms with Crippen LogP contribution in [0.3, 0.4) is 0 Å². The number of fused-ring (bicyclic) bond motifs is 1. The van der Waals surface area contributed by atoms with Gasteiger partial charge in [0.2, 0.25) is 5.88 Å². The van der Waals surface area contributed by atoms with E-state index in [1.54, 1.807) is 14.2 Å². The summed E-state index contributed by atoms with van der Waals surface area (Å²) < 4.78 is 10.6. The number of aliphatic hydroxyl groups is 1. The van der Waals surface area contributed by atoms with Gasteiger partial charge in [-0.05, 0) is 68.8 Å². The van der Waals surface area contributed by atoms with Crippen LogP contribution >= 0.6 is 0 Å². The van der Waals surface area contributed by atoms with Crippen LogP contribution in [0.5, 0.6) is 5.88 Å². The number of hydrogen-bond acceptors (Lipinski definition) is 6. The van der Waals surface area contributed by atoms with Gasteiger partial charge in [0.05, 0.1) is 18.7 Å². The maximum atomic E-state index is 9.87. The van der Waals surface area contributed by atoms with E-state index in [2.05, 4.69) is 34.1 Å². The molecule has 0 amide bonds. The van der Waals surface area contributed by atoms with Crippen molar-refractivity contribution in [2.75, 3.05) is 34.0 Å². The van der Waals surface area contributed by atoms with Crippen LogP contribution in [0.15, 0.2) is 35.3 Å². The molecule has 4 rings (SSSR count). The molecule has 6 heteroatoms. The van der Waals surface area contributed by atoms with Crippen LogP contribution in [0.2, 0.25) is 0 Å². The van der Waals surface area contributed by atoms with Crippen LogP contribution < -0.4 is 4.74 Å². The summed E-state index contributed by atoms with van der Waals surface area (Å²) in [7, 11) is 3.33. The number of benzene rings is 1. The van der Waals surface area contributed by atoms with Crippen molar-refractivity contribution in [3.63, 3.8) is 0 Å². The van der Waals surface area contributed by atoms with Crippen molar-refractivity contribution >= 4 is 16.6 Å². The molecule has 1 aliphatic heterocycles. The molecule has 0 radical (unpaired) electrons. The third-order valence-corrected chi connectivity index (χ3v) is 6.55. The molecular formula is C24H33N3O3. The van der Waals surface area contributed by atoms with Gasteiger partial charge in [-0.2, -0.15) is 0 Å². The molecule has 0 spiro atoms. The van der Waals surface area contributed by atoms with Gasteiger partial charge in [0.1, 0.15) is 6.73 Å². The summed E-state index contributed by atoms with van der Waals surface area (Å²) in [4.78, 5) is 12.0. The monoisotopic (exact) mass is 411 g/mol. The highest BCUT2D eigenvalue weighted by Gasteiger charge is 2.31. The van der Waals surface area contributed by atoms with Gasteiger partial charge in [0, 0.05) is 42.8 Å². The van der Waals surface area contributed by atoms with E-state index in [9.17, 15) is 5.11 Å². The summed E-state index contributed by atoms with van der Waals surface area (Å²) >= 11 is 0. The number of methoxy groups -OCH3 is 2. The topological polar surface area (TPSA) is 67.2 Å². The van der Waals surface area contributed by atoms with E-state index in [0.717, 1.165) is 67.4 Å². The number of rotatable bonds is 6. The van der Waals surface area contributed by atoms with E-state index in [1.807, 2.05) is 6.07 Å². The first-order chi connectivity index (χ1) is 14.7. The van der Waals surface area contributed by atoms with Gasteiger partial charge >= 0.3 is 0 Å². The Bertz CT molecular complexity index is 877. The highest BCUT2D eigenvalue weighted by atomic mass is 16.5. The van der Waals surface area contributed by atoms with Gasteiger partial charge in [-0.3, -0.25) is 9.89 Å². The Kier molecular flexibility index (Phi) is 6.97. The molecule has 162 valence electrons. The smallest absolute Gasteiger partial charge is 0.213 e. The zero-order valence-electron chi connectivity index (χ0n) is 18.1.